The lowest BCUT2D eigenvalue weighted by molar-refractivity contribution is 0.660. The van der Waals surface area contributed by atoms with E-state index in [1.165, 1.54) is 62.6 Å². The van der Waals surface area contributed by atoms with E-state index in [0.717, 1.165) is 33.9 Å². The number of hydrogen-bond acceptors (Lipinski definition) is 4. The molecule has 3 aromatic heterocycles. The zero-order valence-corrected chi connectivity index (χ0v) is 27.5. The van der Waals surface area contributed by atoms with E-state index in [1.54, 1.807) is 0 Å². The van der Waals surface area contributed by atoms with E-state index in [0.29, 0.717) is 0 Å². The summed E-state index contributed by atoms with van der Waals surface area (Å²) in [5, 5.41) is 5.14. The molecule has 4 heteroatoms. The highest BCUT2D eigenvalue weighted by Crippen LogP contribution is 2.52. The minimum absolute atomic E-state index is 0.0878. The fourth-order valence-electron chi connectivity index (χ4n) is 7.63. The Balaban J connectivity index is 1.25. The third-order valence-electron chi connectivity index (χ3n) is 9.93. The second-order valence-electron chi connectivity index (χ2n) is 13.0. The molecule has 6 aromatic carbocycles. The average molecular weight is 637 g/mol. The van der Waals surface area contributed by atoms with Gasteiger partial charge < -0.3 is 0 Å². The molecule has 0 N–H and O–H groups in total. The highest BCUT2D eigenvalue weighted by molar-refractivity contribution is 7.26. The molecule has 0 aliphatic heterocycles. The molecule has 10 rings (SSSR count). The maximum Gasteiger partial charge on any atom is 0.160 e. The number of benzene rings is 6. The first-order chi connectivity index (χ1) is 23.0. The van der Waals surface area contributed by atoms with E-state index >= 15 is 0 Å². The van der Waals surface area contributed by atoms with Crippen LogP contribution in [0.3, 0.4) is 0 Å². The number of fused-ring (bicyclic) bond motifs is 9. The van der Waals surface area contributed by atoms with Gasteiger partial charge in [-0.2, -0.15) is 0 Å². The first kappa shape index (κ1) is 27.0. The van der Waals surface area contributed by atoms with Crippen LogP contribution < -0.4 is 0 Å². The second kappa shape index (κ2) is 9.92. The van der Waals surface area contributed by atoms with Crippen LogP contribution in [-0.4, -0.2) is 9.97 Å². The van der Waals surface area contributed by atoms with Gasteiger partial charge in [0.1, 0.15) is 0 Å². The molecule has 222 valence electrons. The average Bonchev–Trinajstić information content (AvgIpc) is 3.76. The van der Waals surface area contributed by atoms with Crippen molar-refractivity contribution in [2.45, 2.75) is 19.3 Å². The molecular formula is C43H28N2S2. The Morgan fingerprint density at radius 2 is 1.06 bits per heavy atom. The lowest BCUT2D eigenvalue weighted by atomic mass is 9.82. The Hall–Kier alpha value is -5.16. The number of thiophene rings is 2. The van der Waals surface area contributed by atoms with E-state index in [9.17, 15) is 0 Å². The van der Waals surface area contributed by atoms with Crippen molar-refractivity contribution in [2.24, 2.45) is 0 Å². The third kappa shape index (κ3) is 3.95. The molecule has 0 saturated heterocycles. The summed E-state index contributed by atoms with van der Waals surface area (Å²) < 4.78 is 5.10. The van der Waals surface area contributed by atoms with Crippen LogP contribution in [-0.2, 0) is 5.41 Å². The maximum atomic E-state index is 5.38. The van der Waals surface area contributed by atoms with Crippen molar-refractivity contribution in [2.75, 3.05) is 0 Å². The van der Waals surface area contributed by atoms with Crippen molar-refractivity contribution >= 4 is 63.0 Å². The molecule has 9 aromatic rings. The Morgan fingerprint density at radius 1 is 0.468 bits per heavy atom. The zero-order valence-electron chi connectivity index (χ0n) is 25.9. The maximum absolute atomic E-state index is 5.38. The summed E-state index contributed by atoms with van der Waals surface area (Å²) in [4.78, 5) is 10.7. The van der Waals surface area contributed by atoms with E-state index < -0.39 is 0 Å². The van der Waals surface area contributed by atoms with Crippen molar-refractivity contribution in [1.82, 2.24) is 9.97 Å². The molecule has 0 saturated carbocycles. The second-order valence-corrected chi connectivity index (χ2v) is 15.1. The predicted molar refractivity (Wildman–Crippen MR) is 202 cm³/mol. The molecule has 47 heavy (non-hydrogen) atoms. The molecule has 0 amide bonds. The molecule has 0 bridgehead atoms. The van der Waals surface area contributed by atoms with Crippen LogP contribution in [0.15, 0.2) is 133 Å². The van der Waals surface area contributed by atoms with Gasteiger partial charge in [-0.3, -0.25) is 0 Å². The van der Waals surface area contributed by atoms with Crippen LogP contribution in [0.25, 0.3) is 85.4 Å². The molecule has 1 aliphatic rings. The Morgan fingerprint density at radius 3 is 1.91 bits per heavy atom. The molecule has 3 heterocycles. The largest absolute Gasteiger partial charge is 0.228 e. The van der Waals surface area contributed by atoms with Crippen molar-refractivity contribution in [3.05, 3.63) is 145 Å². The summed E-state index contributed by atoms with van der Waals surface area (Å²) in [7, 11) is 0. The van der Waals surface area contributed by atoms with Gasteiger partial charge in [0.15, 0.2) is 5.82 Å². The monoisotopic (exact) mass is 636 g/mol. The number of nitrogens with zero attached hydrogens (tertiary/aromatic N) is 2. The van der Waals surface area contributed by atoms with Gasteiger partial charge in [-0.1, -0.05) is 123 Å². The first-order valence-electron chi connectivity index (χ1n) is 16.0. The minimum atomic E-state index is -0.0878. The van der Waals surface area contributed by atoms with Gasteiger partial charge in [-0.15, -0.1) is 22.7 Å². The van der Waals surface area contributed by atoms with E-state index in [4.69, 9.17) is 9.97 Å². The van der Waals surface area contributed by atoms with Gasteiger partial charge in [0.25, 0.3) is 0 Å². The molecule has 0 spiro atoms. The molecule has 1 aliphatic carbocycles. The third-order valence-corrected chi connectivity index (χ3v) is 12.3. The number of rotatable bonds is 3. The molecular weight excluding hydrogens is 609 g/mol. The summed E-state index contributed by atoms with van der Waals surface area (Å²) in [6, 6.07) is 48.5. The summed E-state index contributed by atoms with van der Waals surface area (Å²) in [6.45, 7) is 4.67. The normalized spacial score (nSPS) is 13.5. The number of hydrogen-bond donors (Lipinski definition) is 0. The molecule has 0 radical (unpaired) electrons. The van der Waals surface area contributed by atoms with Crippen LogP contribution >= 0.6 is 22.7 Å². The first-order valence-corrected chi connectivity index (χ1v) is 17.6. The molecule has 2 nitrogen and oxygen atoms in total. The fourth-order valence-corrected chi connectivity index (χ4v) is 10.0. The van der Waals surface area contributed by atoms with Gasteiger partial charge in [0.2, 0.25) is 0 Å². The van der Waals surface area contributed by atoms with E-state index in [2.05, 4.69) is 147 Å². The quantitative estimate of drug-likeness (QED) is 0.193. The summed E-state index contributed by atoms with van der Waals surface area (Å²) >= 11 is 3.67. The predicted octanol–water partition coefficient (Wildman–Crippen LogP) is 12.5. The van der Waals surface area contributed by atoms with Crippen molar-refractivity contribution in [3.8, 4) is 45.0 Å². The highest BCUT2D eigenvalue weighted by Gasteiger charge is 2.36. The van der Waals surface area contributed by atoms with Crippen LogP contribution in [0.2, 0.25) is 0 Å². The van der Waals surface area contributed by atoms with Crippen molar-refractivity contribution in [3.63, 3.8) is 0 Å². The highest BCUT2D eigenvalue weighted by atomic mass is 32.1. The van der Waals surface area contributed by atoms with E-state index in [1.807, 2.05) is 22.7 Å². The van der Waals surface area contributed by atoms with Crippen LogP contribution in [0.4, 0.5) is 0 Å². The summed E-state index contributed by atoms with van der Waals surface area (Å²) in [5.74, 6) is 0.748. The van der Waals surface area contributed by atoms with Gasteiger partial charge in [-0.25, -0.2) is 9.97 Å². The Bertz CT molecular complexity index is 2730. The van der Waals surface area contributed by atoms with Crippen molar-refractivity contribution < 1.29 is 0 Å². The topological polar surface area (TPSA) is 25.8 Å². The van der Waals surface area contributed by atoms with Crippen LogP contribution in [0.5, 0.6) is 0 Å². The van der Waals surface area contributed by atoms with E-state index in [-0.39, 0.29) is 5.41 Å². The summed E-state index contributed by atoms with van der Waals surface area (Å²) in [5.41, 5.74) is 10.4. The molecule has 0 unspecified atom stereocenters. The van der Waals surface area contributed by atoms with Gasteiger partial charge >= 0.3 is 0 Å². The van der Waals surface area contributed by atoms with Crippen LogP contribution in [0.1, 0.15) is 25.0 Å². The van der Waals surface area contributed by atoms with Gasteiger partial charge in [0, 0.05) is 62.4 Å². The Kier molecular flexibility index (Phi) is 5.70. The smallest absolute Gasteiger partial charge is 0.160 e. The lowest BCUT2D eigenvalue weighted by Crippen LogP contribution is -2.14. The Labute approximate surface area is 280 Å². The zero-order chi connectivity index (χ0) is 31.3. The van der Waals surface area contributed by atoms with Crippen molar-refractivity contribution in [1.29, 1.82) is 0 Å². The summed E-state index contributed by atoms with van der Waals surface area (Å²) in [6.07, 6.45) is 0. The number of aromatic nitrogens is 2. The van der Waals surface area contributed by atoms with Gasteiger partial charge in [0.05, 0.1) is 11.4 Å². The van der Waals surface area contributed by atoms with Crippen LogP contribution in [0, 0.1) is 0 Å². The lowest BCUT2D eigenvalue weighted by Gasteiger charge is -2.21. The minimum Gasteiger partial charge on any atom is -0.228 e. The SMILES string of the molecule is CC1(C)c2ccccc2-c2c(-c3cc(-c4cccc5c4sc4ccccc45)nc(-c4ccc5c(c4)sc4ccccc45)n3)cccc21. The van der Waals surface area contributed by atoms with Gasteiger partial charge in [-0.05, 0) is 46.5 Å². The standard InChI is InChI=1S/C43H28N2S2/c1-43(2)33-17-6-3-13-30(33)40-31(15-10-18-34(40)43)35-24-36(32-16-9-14-29-27-12-5-8-20-38(27)47-41(29)32)45-42(44-35)25-21-22-28-26-11-4-7-19-37(26)46-39(28)23-25/h3-24H,1-2H3. The fraction of sp³-hybridized carbons (Fsp3) is 0.0698. The molecule has 0 atom stereocenters. The molecule has 0 fully saturated rings.